The summed E-state index contributed by atoms with van der Waals surface area (Å²) in [5.41, 5.74) is 1.69. The van der Waals surface area contributed by atoms with Gasteiger partial charge < -0.3 is 5.32 Å². The van der Waals surface area contributed by atoms with Crippen LogP contribution < -0.4 is 5.32 Å². The summed E-state index contributed by atoms with van der Waals surface area (Å²) in [6, 6.07) is 8.99. The Balaban J connectivity index is 2.41. The SMILES string of the molecule is CCC1NCCC1(CC)c1cccc(Cl)c1. The smallest absolute Gasteiger partial charge is 0.0408 e. The van der Waals surface area contributed by atoms with E-state index < -0.39 is 0 Å². The van der Waals surface area contributed by atoms with Gasteiger partial charge in [-0.2, -0.15) is 0 Å². The lowest BCUT2D eigenvalue weighted by Crippen LogP contribution is -2.39. The molecule has 2 heteroatoms. The van der Waals surface area contributed by atoms with Gasteiger partial charge >= 0.3 is 0 Å². The van der Waals surface area contributed by atoms with E-state index in [9.17, 15) is 0 Å². The van der Waals surface area contributed by atoms with Crippen LogP contribution in [0.3, 0.4) is 0 Å². The van der Waals surface area contributed by atoms with Crippen molar-refractivity contribution in [2.45, 2.75) is 44.6 Å². The fourth-order valence-corrected chi connectivity index (χ4v) is 3.34. The number of halogens is 1. The van der Waals surface area contributed by atoms with Crippen LogP contribution in [0.4, 0.5) is 0 Å². The van der Waals surface area contributed by atoms with E-state index in [0.717, 1.165) is 11.6 Å². The lowest BCUT2D eigenvalue weighted by molar-refractivity contribution is 0.347. The minimum Gasteiger partial charge on any atom is -0.313 e. The van der Waals surface area contributed by atoms with E-state index in [4.69, 9.17) is 11.6 Å². The molecule has 2 rings (SSSR count). The molecule has 16 heavy (non-hydrogen) atoms. The normalized spacial score (nSPS) is 29.6. The van der Waals surface area contributed by atoms with Crippen LogP contribution in [0.2, 0.25) is 5.02 Å². The van der Waals surface area contributed by atoms with Crippen molar-refractivity contribution in [2.24, 2.45) is 0 Å². The highest BCUT2D eigenvalue weighted by atomic mass is 35.5. The molecule has 0 spiro atoms. The zero-order chi connectivity index (χ0) is 11.6. The number of hydrogen-bond acceptors (Lipinski definition) is 1. The Morgan fingerprint density at radius 3 is 2.88 bits per heavy atom. The van der Waals surface area contributed by atoms with Crippen LogP contribution in [0.25, 0.3) is 0 Å². The highest BCUT2D eigenvalue weighted by molar-refractivity contribution is 6.30. The second-order valence-corrected chi connectivity index (χ2v) is 5.12. The fraction of sp³-hybridized carbons (Fsp3) is 0.571. The van der Waals surface area contributed by atoms with Crippen molar-refractivity contribution in [1.82, 2.24) is 5.32 Å². The zero-order valence-electron chi connectivity index (χ0n) is 10.1. The van der Waals surface area contributed by atoms with Gasteiger partial charge in [-0.1, -0.05) is 37.6 Å². The molecule has 2 atom stereocenters. The number of benzene rings is 1. The summed E-state index contributed by atoms with van der Waals surface area (Å²) >= 11 is 6.11. The molecule has 1 saturated heterocycles. The van der Waals surface area contributed by atoms with Gasteiger partial charge in [0.2, 0.25) is 0 Å². The van der Waals surface area contributed by atoms with Crippen molar-refractivity contribution in [3.05, 3.63) is 34.9 Å². The van der Waals surface area contributed by atoms with Gasteiger partial charge in [0.05, 0.1) is 0 Å². The van der Waals surface area contributed by atoms with E-state index in [-0.39, 0.29) is 0 Å². The number of nitrogens with one attached hydrogen (secondary N) is 1. The maximum atomic E-state index is 6.11. The molecule has 1 heterocycles. The first-order valence-electron chi connectivity index (χ1n) is 6.22. The Labute approximate surface area is 103 Å². The topological polar surface area (TPSA) is 12.0 Å². The van der Waals surface area contributed by atoms with Crippen LogP contribution in [-0.2, 0) is 5.41 Å². The molecule has 1 fully saturated rings. The lowest BCUT2D eigenvalue weighted by Gasteiger charge is -2.34. The summed E-state index contributed by atoms with van der Waals surface area (Å²) in [7, 11) is 0. The quantitative estimate of drug-likeness (QED) is 0.844. The van der Waals surface area contributed by atoms with Crippen molar-refractivity contribution in [2.75, 3.05) is 6.54 Å². The summed E-state index contributed by atoms with van der Waals surface area (Å²) in [5.74, 6) is 0. The van der Waals surface area contributed by atoms with Crippen molar-refractivity contribution in [1.29, 1.82) is 0 Å². The Morgan fingerprint density at radius 1 is 1.44 bits per heavy atom. The molecule has 0 aliphatic carbocycles. The summed E-state index contributed by atoms with van der Waals surface area (Å²) in [6.07, 6.45) is 3.58. The molecule has 1 N–H and O–H groups in total. The largest absolute Gasteiger partial charge is 0.313 e. The van der Waals surface area contributed by atoms with Crippen LogP contribution in [0.5, 0.6) is 0 Å². The van der Waals surface area contributed by atoms with Crippen molar-refractivity contribution < 1.29 is 0 Å². The van der Waals surface area contributed by atoms with Crippen molar-refractivity contribution in [3.63, 3.8) is 0 Å². The highest BCUT2D eigenvalue weighted by Crippen LogP contribution is 2.40. The van der Waals surface area contributed by atoms with Gasteiger partial charge in [0.15, 0.2) is 0 Å². The summed E-state index contributed by atoms with van der Waals surface area (Å²) < 4.78 is 0. The molecule has 0 bridgehead atoms. The standard InChI is InChI=1S/C14H20ClN/c1-3-13-14(4-2,8-9-16-13)11-6-5-7-12(15)10-11/h5-7,10,13,16H,3-4,8-9H2,1-2H3. The average Bonchev–Trinajstić information content (AvgIpc) is 2.73. The summed E-state index contributed by atoms with van der Waals surface area (Å²) in [6.45, 7) is 5.67. The predicted molar refractivity (Wildman–Crippen MR) is 70.1 cm³/mol. The second-order valence-electron chi connectivity index (χ2n) is 4.68. The lowest BCUT2D eigenvalue weighted by atomic mass is 9.71. The Hall–Kier alpha value is -0.530. The highest BCUT2D eigenvalue weighted by Gasteiger charge is 2.41. The molecule has 0 aromatic heterocycles. The molecule has 0 saturated carbocycles. The Kier molecular flexibility index (Phi) is 3.56. The molecular weight excluding hydrogens is 218 g/mol. The summed E-state index contributed by atoms with van der Waals surface area (Å²) in [5, 5.41) is 4.48. The zero-order valence-corrected chi connectivity index (χ0v) is 10.8. The average molecular weight is 238 g/mol. The van der Waals surface area contributed by atoms with Gasteiger partial charge in [0.25, 0.3) is 0 Å². The number of hydrogen-bond donors (Lipinski definition) is 1. The van der Waals surface area contributed by atoms with E-state index in [1.165, 1.54) is 24.8 Å². The third-order valence-electron chi connectivity index (χ3n) is 4.07. The number of rotatable bonds is 3. The minimum atomic E-state index is 0.291. The molecule has 1 aromatic rings. The van der Waals surface area contributed by atoms with Crippen LogP contribution in [0.1, 0.15) is 38.7 Å². The van der Waals surface area contributed by atoms with E-state index in [2.05, 4.69) is 37.4 Å². The maximum Gasteiger partial charge on any atom is 0.0408 e. The molecule has 88 valence electrons. The van der Waals surface area contributed by atoms with Gasteiger partial charge in [0.1, 0.15) is 0 Å². The monoisotopic (exact) mass is 237 g/mol. The first kappa shape index (κ1) is 11.9. The van der Waals surface area contributed by atoms with E-state index in [1.807, 2.05) is 6.07 Å². The first-order chi connectivity index (χ1) is 7.73. The van der Waals surface area contributed by atoms with Crippen LogP contribution in [0, 0.1) is 0 Å². The Morgan fingerprint density at radius 2 is 2.25 bits per heavy atom. The van der Waals surface area contributed by atoms with Crippen molar-refractivity contribution in [3.8, 4) is 0 Å². The van der Waals surface area contributed by atoms with Gasteiger partial charge in [-0.25, -0.2) is 0 Å². The van der Waals surface area contributed by atoms with Crippen LogP contribution >= 0.6 is 11.6 Å². The van der Waals surface area contributed by atoms with Gasteiger partial charge in [-0.05, 0) is 43.5 Å². The predicted octanol–water partition coefficient (Wildman–Crippen LogP) is 3.76. The van der Waals surface area contributed by atoms with Crippen LogP contribution in [-0.4, -0.2) is 12.6 Å². The van der Waals surface area contributed by atoms with Crippen molar-refractivity contribution >= 4 is 11.6 Å². The Bertz CT molecular complexity index is 364. The second kappa shape index (κ2) is 4.77. The van der Waals surface area contributed by atoms with Gasteiger partial charge in [-0.3, -0.25) is 0 Å². The molecule has 1 nitrogen and oxygen atoms in total. The summed E-state index contributed by atoms with van der Waals surface area (Å²) in [4.78, 5) is 0. The molecular formula is C14H20ClN. The maximum absolute atomic E-state index is 6.11. The first-order valence-corrected chi connectivity index (χ1v) is 6.60. The molecule has 1 aliphatic heterocycles. The fourth-order valence-electron chi connectivity index (χ4n) is 3.15. The molecule has 2 unspecified atom stereocenters. The molecule has 0 radical (unpaired) electrons. The van der Waals surface area contributed by atoms with Gasteiger partial charge in [0, 0.05) is 16.5 Å². The molecule has 1 aliphatic rings. The van der Waals surface area contributed by atoms with Gasteiger partial charge in [-0.15, -0.1) is 0 Å². The van der Waals surface area contributed by atoms with Crippen LogP contribution in [0.15, 0.2) is 24.3 Å². The minimum absolute atomic E-state index is 0.291. The molecule has 0 amide bonds. The van der Waals surface area contributed by atoms with E-state index in [0.29, 0.717) is 11.5 Å². The third kappa shape index (κ3) is 1.87. The molecule has 1 aromatic carbocycles. The third-order valence-corrected chi connectivity index (χ3v) is 4.30. The van der Waals surface area contributed by atoms with E-state index in [1.54, 1.807) is 0 Å². The van der Waals surface area contributed by atoms with E-state index >= 15 is 0 Å².